The Hall–Kier alpha value is -1.32. The fourth-order valence-corrected chi connectivity index (χ4v) is 1.65. The predicted molar refractivity (Wildman–Crippen MR) is 60.6 cm³/mol. The quantitative estimate of drug-likeness (QED) is 0.795. The van der Waals surface area contributed by atoms with E-state index >= 15 is 0 Å². The second-order valence-corrected chi connectivity index (χ2v) is 3.78. The third-order valence-corrected chi connectivity index (χ3v) is 2.53. The van der Waals surface area contributed by atoms with Gasteiger partial charge in [-0.3, -0.25) is 0 Å². The molecule has 2 atom stereocenters. The Bertz CT molecular complexity index is 334. The zero-order valence-electron chi connectivity index (χ0n) is 9.08. The van der Waals surface area contributed by atoms with Crippen LogP contribution in [0.1, 0.15) is 24.7 Å². The SMILES string of the molecule is OC(O[C@@H]1C=COCCC1)c1ccccc1. The maximum atomic E-state index is 9.87. The molecule has 1 aromatic rings. The number of aliphatic hydroxyl groups is 1. The van der Waals surface area contributed by atoms with Gasteiger partial charge in [0, 0.05) is 5.56 Å². The van der Waals surface area contributed by atoms with Crippen LogP contribution < -0.4 is 0 Å². The highest BCUT2D eigenvalue weighted by molar-refractivity contribution is 5.15. The highest BCUT2D eigenvalue weighted by Gasteiger charge is 2.14. The van der Waals surface area contributed by atoms with E-state index in [4.69, 9.17) is 9.47 Å². The summed E-state index contributed by atoms with van der Waals surface area (Å²) in [6.07, 6.45) is 4.38. The Morgan fingerprint density at radius 1 is 1.31 bits per heavy atom. The van der Waals surface area contributed by atoms with Gasteiger partial charge in [-0.1, -0.05) is 30.3 Å². The molecule has 1 unspecified atom stereocenters. The van der Waals surface area contributed by atoms with Gasteiger partial charge in [0.25, 0.3) is 0 Å². The van der Waals surface area contributed by atoms with Crippen molar-refractivity contribution in [2.75, 3.05) is 6.61 Å². The molecule has 0 aromatic heterocycles. The molecule has 0 fully saturated rings. The molecule has 2 rings (SSSR count). The van der Waals surface area contributed by atoms with Gasteiger partial charge < -0.3 is 14.6 Å². The summed E-state index contributed by atoms with van der Waals surface area (Å²) in [5.74, 6) is 0. The second-order valence-electron chi connectivity index (χ2n) is 3.78. The number of hydrogen-bond acceptors (Lipinski definition) is 3. The van der Waals surface area contributed by atoms with Gasteiger partial charge in [0.15, 0.2) is 6.29 Å². The molecule has 3 heteroatoms. The fourth-order valence-electron chi connectivity index (χ4n) is 1.65. The van der Waals surface area contributed by atoms with E-state index in [0.29, 0.717) is 0 Å². The normalized spacial score (nSPS) is 22.2. The van der Waals surface area contributed by atoms with E-state index in [-0.39, 0.29) is 6.10 Å². The van der Waals surface area contributed by atoms with Gasteiger partial charge in [0.2, 0.25) is 0 Å². The smallest absolute Gasteiger partial charge is 0.181 e. The molecule has 16 heavy (non-hydrogen) atoms. The Balaban J connectivity index is 1.93. The Kier molecular flexibility index (Phi) is 3.97. The van der Waals surface area contributed by atoms with E-state index in [2.05, 4.69) is 0 Å². The summed E-state index contributed by atoms with van der Waals surface area (Å²) in [7, 11) is 0. The van der Waals surface area contributed by atoms with Gasteiger partial charge in [-0.15, -0.1) is 0 Å². The molecule has 1 heterocycles. The van der Waals surface area contributed by atoms with Crippen molar-refractivity contribution in [3.63, 3.8) is 0 Å². The molecule has 0 saturated carbocycles. The molecule has 1 aliphatic rings. The van der Waals surface area contributed by atoms with Gasteiger partial charge in [-0.2, -0.15) is 0 Å². The molecule has 0 bridgehead atoms. The molecule has 1 aromatic carbocycles. The average Bonchev–Trinajstić information content (AvgIpc) is 2.59. The summed E-state index contributed by atoms with van der Waals surface area (Å²) in [6.45, 7) is 0.720. The second kappa shape index (κ2) is 5.68. The molecular formula is C13H16O3. The Morgan fingerprint density at radius 3 is 2.94 bits per heavy atom. The first kappa shape index (κ1) is 11.2. The first-order chi connectivity index (χ1) is 7.86. The Labute approximate surface area is 95.3 Å². The van der Waals surface area contributed by atoms with Crippen molar-refractivity contribution in [2.24, 2.45) is 0 Å². The molecular weight excluding hydrogens is 204 g/mol. The standard InChI is InChI=1S/C13H16O3/c14-13(11-5-2-1-3-6-11)16-12-7-4-9-15-10-8-12/h1-3,5-6,8,10,12-14H,4,7,9H2/t12-,13?/m0/s1. The molecule has 1 N–H and O–H groups in total. The third-order valence-electron chi connectivity index (χ3n) is 2.53. The first-order valence-corrected chi connectivity index (χ1v) is 5.53. The zero-order chi connectivity index (χ0) is 11.2. The fraction of sp³-hybridized carbons (Fsp3) is 0.385. The highest BCUT2D eigenvalue weighted by Crippen LogP contribution is 2.19. The van der Waals surface area contributed by atoms with Crippen molar-refractivity contribution in [1.29, 1.82) is 0 Å². The van der Waals surface area contributed by atoms with Crippen LogP contribution in [-0.2, 0) is 9.47 Å². The van der Waals surface area contributed by atoms with Crippen LogP contribution in [0.15, 0.2) is 42.7 Å². The minimum Gasteiger partial charge on any atom is -0.501 e. The van der Waals surface area contributed by atoms with Crippen molar-refractivity contribution in [1.82, 2.24) is 0 Å². The lowest BCUT2D eigenvalue weighted by Gasteiger charge is -2.17. The van der Waals surface area contributed by atoms with Crippen molar-refractivity contribution in [3.8, 4) is 0 Å². The topological polar surface area (TPSA) is 38.7 Å². The number of rotatable bonds is 3. The van der Waals surface area contributed by atoms with E-state index in [1.165, 1.54) is 0 Å². The summed E-state index contributed by atoms with van der Waals surface area (Å²) < 4.78 is 10.7. The number of benzene rings is 1. The highest BCUT2D eigenvalue weighted by atomic mass is 16.6. The minimum atomic E-state index is -0.867. The maximum absolute atomic E-state index is 9.87. The van der Waals surface area contributed by atoms with Crippen LogP contribution in [0.25, 0.3) is 0 Å². The van der Waals surface area contributed by atoms with E-state index < -0.39 is 6.29 Å². The molecule has 0 spiro atoms. The van der Waals surface area contributed by atoms with Gasteiger partial charge in [0.1, 0.15) is 0 Å². The summed E-state index contributed by atoms with van der Waals surface area (Å²) in [6, 6.07) is 9.38. The predicted octanol–water partition coefficient (Wildman–Crippen LogP) is 2.39. The molecule has 0 radical (unpaired) electrons. The zero-order valence-corrected chi connectivity index (χ0v) is 9.08. The van der Waals surface area contributed by atoms with E-state index in [1.807, 2.05) is 36.4 Å². The van der Waals surface area contributed by atoms with Gasteiger partial charge in [-0.25, -0.2) is 0 Å². The largest absolute Gasteiger partial charge is 0.501 e. The number of ether oxygens (including phenoxy) is 2. The van der Waals surface area contributed by atoms with E-state index in [0.717, 1.165) is 25.0 Å². The summed E-state index contributed by atoms with van der Waals surface area (Å²) in [5.41, 5.74) is 0.779. The van der Waals surface area contributed by atoms with Crippen molar-refractivity contribution in [3.05, 3.63) is 48.2 Å². The monoisotopic (exact) mass is 220 g/mol. The van der Waals surface area contributed by atoms with Crippen LogP contribution in [0.2, 0.25) is 0 Å². The average molecular weight is 220 g/mol. The van der Waals surface area contributed by atoms with Crippen molar-refractivity contribution in [2.45, 2.75) is 25.2 Å². The lowest BCUT2D eigenvalue weighted by molar-refractivity contribution is -0.127. The van der Waals surface area contributed by atoms with Crippen molar-refractivity contribution >= 4 is 0 Å². The van der Waals surface area contributed by atoms with Crippen LogP contribution >= 0.6 is 0 Å². The Morgan fingerprint density at radius 2 is 2.12 bits per heavy atom. The van der Waals surface area contributed by atoms with Crippen LogP contribution in [0.5, 0.6) is 0 Å². The van der Waals surface area contributed by atoms with Crippen molar-refractivity contribution < 1.29 is 14.6 Å². The van der Waals surface area contributed by atoms with Gasteiger partial charge in [-0.05, 0) is 18.9 Å². The van der Waals surface area contributed by atoms with E-state index in [1.54, 1.807) is 6.26 Å². The summed E-state index contributed by atoms with van der Waals surface area (Å²) in [5, 5.41) is 9.87. The van der Waals surface area contributed by atoms with Gasteiger partial charge >= 0.3 is 0 Å². The molecule has 1 aliphatic heterocycles. The number of aliphatic hydroxyl groups excluding tert-OH is 1. The lowest BCUT2D eigenvalue weighted by atomic mass is 10.2. The summed E-state index contributed by atoms with van der Waals surface area (Å²) >= 11 is 0. The van der Waals surface area contributed by atoms with Crippen LogP contribution in [-0.4, -0.2) is 17.8 Å². The lowest BCUT2D eigenvalue weighted by Crippen LogP contribution is -2.14. The van der Waals surface area contributed by atoms with E-state index in [9.17, 15) is 5.11 Å². The molecule has 0 saturated heterocycles. The van der Waals surface area contributed by atoms with Gasteiger partial charge in [0.05, 0.1) is 19.0 Å². The van der Waals surface area contributed by atoms with Crippen LogP contribution in [0.3, 0.4) is 0 Å². The molecule has 0 amide bonds. The minimum absolute atomic E-state index is 0.0716. The molecule has 3 nitrogen and oxygen atoms in total. The number of hydrogen-bond donors (Lipinski definition) is 1. The van der Waals surface area contributed by atoms with Crippen LogP contribution in [0, 0.1) is 0 Å². The summed E-state index contributed by atoms with van der Waals surface area (Å²) in [4.78, 5) is 0. The van der Waals surface area contributed by atoms with Crippen LogP contribution in [0.4, 0.5) is 0 Å². The third kappa shape index (κ3) is 3.08. The molecule has 86 valence electrons. The maximum Gasteiger partial charge on any atom is 0.181 e. The molecule has 0 aliphatic carbocycles. The first-order valence-electron chi connectivity index (χ1n) is 5.53.